The summed E-state index contributed by atoms with van der Waals surface area (Å²) in [6.07, 6.45) is 4.64. The van der Waals surface area contributed by atoms with Gasteiger partial charge in [0.25, 0.3) is 0 Å². The fourth-order valence-electron chi connectivity index (χ4n) is 1.91. The molecule has 0 amide bonds. The molecule has 0 aliphatic heterocycles. The van der Waals surface area contributed by atoms with Gasteiger partial charge in [-0.25, -0.2) is 0 Å². The first kappa shape index (κ1) is 14.2. The van der Waals surface area contributed by atoms with Gasteiger partial charge < -0.3 is 10.0 Å². The number of hydrogen-bond donors (Lipinski definition) is 1. The van der Waals surface area contributed by atoms with E-state index in [2.05, 4.69) is 30.8 Å². The second-order valence-corrected chi connectivity index (χ2v) is 5.68. The van der Waals surface area contributed by atoms with E-state index in [0.717, 1.165) is 32.6 Å². The van der Waals surface area contributed by atoms with Gasteiger partial charge in [-0.05, 0) is 17.9 Å². The lowest BCUT2D eigenvalue weighted by Crippen LogP contribution is -2.36. The van der Waals surface area contributed by atoms with E-state index in [1.807, 2.05) is 23.1 Å². The largest absolute Gasteiger partial charge is 0.396 e. The van der Waals surface area contributed by atoms with E-state index in [1.165, 1.54) is 0 Å². The molecule has 0 radical (unpaired) electrons. The number of nitrogens with zero attached hydrogens (tertiary/aromatic N) is 3. The molecule has 0 bridgehead atoms. The van der Waals surface area contributed by atoms with Crippen LogP contribution < -0.4 is 0 Å². The van der Waals surface area contributed by atoms with Gasteiger partial charge in [-0.3, -0.25) is 4.68 Å². The molecule has 0 spiro atoms. The van der Waals surface area contributed by atoms with Crippen molar-refractivity contribution in [2.75, 3.05) is 26.2 Å². The third kappa shape index (κ3) is 6.44. The Balaban J connectivity index is 2.39. The van der Waals surface area contributed by atoms with E-state index < -0.39 is 0 Å². The van der Waals surface area contributed by atoms with Crippen LogP contribution in [-0.2, 0) is 6.54 Å². The number of aliphatic hydroxyl groups is 1. The van der Waals surface area contributed by atoms with Crippen molar-refractivity contribution in [1.29, 1.82) is 0 Å². The number of rotatable bonds is 7. The molecule has 0 saturated heterocycles. The Hall–Kier alpha value is -0.870. The lowest BCUT2D eigenvalue weighted by atomic mass is 9.96. The van der Waals surface area contributed by atoms with Crippen LogP contribution in [0.4, 0.5) is 0 Å². The van der Waals surface area contributed by atoms with Gasteiger partial charge in [0.1, 0.15) is 0 Å². The van der Waals surface area contributed by atoms with Crippen molar-refractivity contribution in [3.05, 3.63) is 18.5 Å². The molecule has 0 fully saturated rings. The van der Waals surface area contributed by atoms with E-state index in [4.69, 9.17) is 5.11 Å². The number of hydrogen-bond acceptors (Lipinski definition) is 3. The molecule has 1 aromatic rings. The van der Waals surface area contributed by atoms with Crippen molar-refractivity contribution in [3.63, 3.8) is 0 Å². The fourth-order valence-corrected chi connectivity index (χ4v) is 1.91. The van der Waals surface area contributed by atoms with Crippen molar-refractivity contribution in [2.45, 2.75) is 33.7 Å². The third-order valence-corrected chi connectivity index (χ3v) is 2.53. The third-order valence-electron chi connectivity index (χ3n) is 2.53. The van der Waals surface area contributed by atoms with Gasteiger partial charge in [-0.15, -0.1) is 0 Å². The minimum absolute atomic E-state index is 0.266. The molecule has 0 aromatic carbocycles. The highest BCUT2D eigenvalue weighted by Gasteiger charge is 2.15. The van der Waals surface area contributed by atoms with E-state index in [9.17, 15) is 0 Å². The predicted octanol–water partition coefficient (Wildman–Crippen LogP) is 1.61. The molecule has 0 aliphatic carbocycles. The zero-order chi connectivity index (χ0) is 12.7. The molecule has 0 atom stereocenters. The predicted molar refractivity (Wildman–Crippen MR) is 69.8 cm³/mol. The van der Waals surface area contributed by atoms with Crippen LogP contribution in [0.25, 0.3) is 0 Å². The van der Waals surface area contributed by atoms with E-state index in [0.29, 0.717) is 5.41 Å². The summed E-state index contributed by atoms with van der Waals surface area (Å²) >= 11 is 0. The van der Waals surface area contributed by atoms with Crippen LogP contribution in [0.5, 0.6) is 0 Å². The first-order chi connectivity index (χ1) is 8.01. The van der Waals surface area contributed by atoms with Crippen molar-refractivity contribution < 1.29 is 5.11 Å². The maximum Gasteiger partial charge on any atom is 0.0536 e. The van der Waals surface area contributed by atoms with Crippen LogP contribution >= 0.6 is 0 Å². The lowest BCUT2D eigenvalue weighted by molar-refractivity contribution is 0.166. The summed E-state index contributed by atoms with van der Waals surface area (Å²) < 4.78 is 1.95. The van der Waals surface area contributed by atoms with E-state index in [1.54, 1.807) is 0 Å². The molecule has 0 aliphatic rings. The van der Waals surface area contributed by atoms with Gasteiger partial charge >= 0.3 is 0 Å². The summed E-state index contributed by atoms with van der Waals surface area (Å²) in [6.45, 7) is 10.9. The number of aromatic nitrogens is 2. The summed E-state index contributed by atoms with van der Waals surface area (Å²) in [5, 5.41) is 13.1. The second kappa shape index (κ2) is 6.77. The molecular weight excluding hydrogens is 214 g/mol. The zero-order valence-electron chi connectivity index (χ0n) is 11.3. The van der Waals surface area contributed by atoms with E-state index >= 15 is 0 Å². The average Bonchev–Trinajstić information content (AvgIpc) is 2.73. The summed E-state index contributed by atoms with van der Waals surface area (Å²) in [4.78, 5) is 2.40. The van der Waals surface area contributed by atoms with Crippen molar-refractivity contribution in [2.24, 2.45) is 5.41 Å². The summed E-state index contributed by atoms with van der Waals surface area (Å²) in [7, 11) is 0. The molecule has 1 heterocycles. The highest BCUT2D eigenvalue weighted by molar-refractivity contribution is 4.78. The lowest BCUT2D eigenvalue weighted by Gasteiger charge is -2.29. The molecule has 0 saturated carbocycles. The minimum Gasteiger partial charge on any atom is -0.396 e. The Labute approximate surface area is 104 Å². The first-order valence-electron chi connectivity index (χ1n) is 6.32. The monoisotopic (exact) mass is 239 g/mol. The smallest absolute Gasteiger partial charge is 0.0536 e. The molecule has 4 heteroatoms. The van der Waals surface area contributed by atoms with Gasteiger partial charge in [0.15, 0.2) is 0 Å². The molecule has 17 heavy (non-hydrogen) atoms. The standard InChI is InChI=1S/C13H25N3O/c1-13(2,3)12-15(7-5-11-17)9-10-16-8-4-6-14-16/h4,6,8,17H,5,7,9-12H2,1-3H3. The topological polar surface area (TPSA) is 41.3 Å². The first-order valence-corrected chi connectivity index (χ1v) is 6.32. The maximum atomic E-state index is 8.92. The van der Waals surface area contributed by atoms with Gasteiger partial charge in [0, 0.05) is 38.6 Å². The Bertz CT molecular complexity index is 290. The Morgan fingerprint density at radius 1 is 1.29 bits per heavy atom. The molecule has 0 unspecified atom stereocenters. The fraction of sp³-hybridized carbons (Fsp3) is 0.769. The summed E-state index contributed by atoms with van der Waals surface area (Å²) in [6, 6.07) is 1.95. The molecule has 1 rings (SSSR count). The number of aliphatic hydroxyl groups excluding tert-OH is 1. The average molecular weight is 239 g/mol. The Morgan fingerprint density at radius 2 is 2.06 bits per heavy atom. The van der Waals surface area contributed by atoms with Crippen LogP contribution in [-0.4, -0.2) is 46.0 Å². The van der Waals surface area contributed by atoms with Crippen LogP contribution in [0.15, 0.2) is 18.5 Å². The normalized spacial score (nSPS) is 12.3. The van der Waals surface area contributed by atoms with Crippen molar-refractivity contribution in [3.8, 4) is 0 Å². The van der Waals surface area contributed by atoms with Crippen LogP contribution in [0.2, 0.25) is 0 Å². The van der Waals surface area contributed by atoms with E-state index in [-0.39, 0.29) is 6.61 Å². The highest BCUT2D eigenvalue weighted by atomic mass is 16.3. The maximum absolute atomic E-state index is 8.92. The quantitative estimate of drug-likeness (QED) is 0.786. The molecule has 1 aromatic heterocycles. The SMILES string of the molecule is CC(C)(C)CN(CCCO)CCn1cccn1. The Morgan fingerprint density at radius 3 is 2.59 bits per heavy atom. The Kier molecular flexibility index (Phi) is 5.65. The molecule has 1 N–H and O–H groups in total. The van der Waals surface area contributed by atoms with Gasteiger partial charge in [-0.2, -0.15) is 5.10 Å². The zero-order valence-corrected chi connectivity index (χ0v) is 11.3. The van der Waals surface area contributed by atoms with Gasteiger partial charge in [-0.1, -0.05) is 20.8 Å². The molecular formula is C13H25N3O. The molecule has 98 valence electrons. The van der Waals surface area contributed by atoms with Crippen LogP contribution in [0.3, 0.4) is 0 Å². The highest BCUT2D eigenvalue weighted by Crippen LogP contribution is 2.15. The van der Waals surface area contributed by atoms with Crippen LogP contribution in [0, 0.1) is 5.41 Å². The van der Waals surface area contributed by atoms with Crippen molar-refractivity contribution >= 4 is 0 Å². The summed E-state index contributed by atoms with van der Waals surface area (Å²) in [5.74, 6) is 0. The van der Waals surface area contributed by atoms with Crippen molar-refractivity contribution in [1.82, 2.24) is 14.7 Å². The van der Waals surface area contributed by atoms with Gasteiger partial charge in [0.2, 0.25) is 0 Å². The van der Waals surface area contributed by atoms with Crippen LogP contribution in [0.1, 0.15) is 27.2 Å². The van der Waals surface area contributed by atoms with Gasteiger partial charge in [0.05, 0.1) is 6.54 Å². The summed E-state index contributed by atoms with van der Waals surface area (Å²) in [5.41, 5.74) is 0.291. The second-order valence-electron chi connectivity index (χ2n) is 5.68. The minimum atomic E-state index is 0.266. The molecule has 4 nitrogen and oxygen atoms in total.